The van der Waals surface area contributed by atoms with Gasteiger partial charge in [0.1, 0.15) is 12.4 Å². The minimum absolute atomic E-state index is 0.0987. The zero-order chi connectivity index (χ0) is 13.1. The fraction of sp³-hybridized carbons (Fsp3) is 0.0909. The molecule has 1 aromatic carbocycles. The second-order valence-electron chi connectivity index (χ2n) is 3.32. The molecule has 2 aromatic rings. The summed E-state index contributed by atoms with van der Waals surface area (Å²) >= 11 is 6.71. The number of benzene rings is 1. The summed E-state index contributed by atoms with van der Waals surface area (Å²) < 4.78 is 11.9. The van der Waals surface area contributed by atoms with Crippen LogP contribution in [0.4, 0.5) is 0 Å². The number of carbonyl (C=O) groups is 1. The van der Waals surface area contributed by atoms with Gasteiger partial charge in [0.25, 0.3) is 0 Å². The van der Waals surface area contributed by atoms with Crippen molar-refractivity contribution >= 4 is 37.8 Å². The topological polar surface area (TPSA) is 72.6 Å². The number of hydrogen-bond donors (Lipinski definition) is 1. The van der Waals surface area contributed by atoms with Crippen LogP contribution in [0.3, 0.4) is 0 Å². The fourth-order valence-corrected chi connectivity index (χ4v) is 2.47. The van der Waals surface area contributed by atoms with Crippen LogP contribution in [0, 0.1) is 0 Å². The molecule has 0 saturated heterocycles. The van der Waals surface area contributed by atoms with Crippen LogP contribution in [-0.4, -0.2) is 16.2 Å². The summed E-state index contributed by atoms with van der Waals surface area (Å²) in [5.74, 6) is -0.173. The van der Waals surface area contributed by atoms with E-state index in [4.69, 9.17) is 14.4 Å². The summed E-state index contributed by atoms with van der Waals surface area (Å²) in [6.45, 7) is 0.0987. The summed E-state index contributed by atoms with van der Waals surface area (Å²) in [7, 11) is 0. The minimum atomic E-state index is -1.13. The van der Waals surface area contributed by atoms with Crippen molar-refractivity contribution in [1.82, 2.24) is 5.16 Å². The normalized spacial score (nSPS) is 10.3. The van der Waals surface area contributed by atoms with Crippen LogP contribution < -0.4 is 4.74 Å². The molecule has 94 valence electrons. The van der Waals surface area contributed by atoms with Crippen LogP contribution in [0.1, 0.15) is 16.2 Å². The molecule has 7 heteroatoms. The molecular weight excluding hydrogens is 370 g/mol. The Labute approximate surface area is 119 Å². The van der Waals surface area contributed by atoms with E-state index in [1.165, 1.54) is 6.07 Å². The lowest BCUT2D eigenvalue weighted by Gasteiger charge is -2.07. The average molecular weight is 377 g/mol. The SMILES string of the molecule is O=C(O)c1cc(COc2c(Br)cccc2Br)on1. The van der Waals surface area contributed by atoms with Gasteiger partial charge in [-0.15, -0.1) is 0 Å². The van der Waals surface area contributed by atoms with Crippen molar-refractivity contribution in [3.8, 4) is 5.75 Å². The van der Waals surface area contributed by atoms with Crippen molar-refractivity contribution in [2.45, 2.75) is 6.61 Å². The molecule has 0 saturated carbocycles. The molecular formula is C11H7Br2NO4. The molecule has 0 spiro atoms. The first-order valence-corrected chi connectivity index (χ1v) is 6.42. The molecule has 2 rings (SSSR count). The quantitative estimate of drug-likeness (QED) is 0.884. The van der Waals surface area contributed by atoms with Gasteiger partial charge in [-0.3, -0.25) is 0 Å². The Morgan fingerprint density at radius 2 is 2.06 bits per heavy atom. The van der Waals surface area contributed by atoms with E-state index in [2.05, 4.69) is 37.0 Å². The van der Waals surface area contributed by atoms with Crippen molar-refractivity contribution in [3.63, 3.8) is 0 Å². The number of aromatic nitrogens is 1. The van der Waals surface area contributed by atoms with Gasteiger partial charge in [-0.1, -0.05) is 11.2 Å². The van der Waals surface area contributed by atoms with Gasteiger partial charge in [0, 0.05) is 6.07 Å². The van der Waals surface area contributed by atoms with Gasteiger partial charge >= 0.3 is 5.97 Å². The standard InChI is InChI=1S/C11H7Br2NO4/c12-7-2-1-3-8(13)10(7)17-5-6-4-9(11(15)16)14-18-6/h1-4H,5H2,(H,15,16). The van der Waals surface area contributed by atoms with Crippen molar-refractivity contribution in [1.29, 1.82) is 0 Å². The fourth-order valence-electron chi connectivity index (χ4n) is 1.25. The van der Waals surface area contributed by atoms with E-state index in [9.17, 15) is 4.79 Å². The summed E-state index contributed by atoms with van der Waals surface area (Å²) in [4.78, 5) is 10.6. The number of carboxylic acid groups (broad SMARTS) is 1. The smallest absolute Gasteiger partial charge is 0.358 e. The maximum Gasteiger partial charge on any atom is 0.358 e. The lowest BCUT2D eigenvalue weighted by atomic mass is 10.3. The lowest BCUT2D eigenvalue weighted by Crippen LogP contribution is -1.96. The molecule has 18 heavy (non-hydrogen) atoms. The highest BCUT2D eigenvalue weighted by atomic mass is 79.9. The summed E-state index contributed by atoms with van der Waals surface area (Å²) in [6.07, 6.45) is 0. The van der Waals surface area contributed by atoms with E-state index >= 15 is 0 Å². The van der Waals surface area contributed by atoms with Gasteiger partial charge in [-0.05, 0) is 44.0 Å². The average Bonchev–Trinajstić information content (AvgIpc) is 2.77. The summed E-state index contributed by atoms with van der Waals surface area (Å²) in [6, 6.07) is 6.86. The molecule has 0 aliphatic heterocycles. The number of carboxylic acids is 1. The molecule has 1 heterocycles. The Kier molecular flexibility index (Phi) is 4.03. The predicted molar refractivity (Wildman–Crippen MR) is 69.6 cm³/mol. The van der Waals surface area contributed by atoms with E-state index < -0.39 is 5.97 Å². The molecule has 1 N–H and O–H groups in total. The molecule has 0 aliphatic rings. The Balaban J connectivity index is 2.09. The number of nitrogens with zero attached hydrogens (tertiary/aromatic N) is 1. The van der Waals surface area contributed by atoms with Crippen LogP contribution in [0.2, 0.25) is 0 Å². The molecule has 1 aromatic heterocycles. The molecule has 0 atom stereocenters. The first-order chi connectivity index (χ1) is 8.58. The third-order valence-electron chi connectivity index (χ3n) is 2.06. The molecule has 0 amide bonds. The predicted octanol–water partition coefficient (Wildman–Crippen LogP) is 3.48. The van der Waals surface area contributed by atoms with Crippen LogP contribution in [-0.2, 0) is 6.61 Å². The Morgan fingerprint density at radius 3 is 2.61 bits per heavy atom. The van der Waals surface area contributed by atoms with E-state index in [0.717, 1.165) is 8.95 Å². The van der Waals surface area contributed by atoms with Crippen LogP contribution in [0.15, 0.2) is 37.7 Å². The van der Waals surface area contributed by atoms with Crippen molar-refractivity contribution in [2.24, 2.45) is 0 Å². The highest BCUT2D eigenvalue weighted by Gasteiger charge is 2.12. The van der Waals surface area contributed by atoms with Gasteiger partial charge in [0.2, 0.25) is 0 Å². The Morgan fingerprint density at radius 1 is 1.39 bits per heavy atom. The first-order valence-electron chi connectivity index (χ1n) is 4.83. The van der Waals surface area contributed by atoms with Gasteiger partial charge in [-0.25, -0.2) is 4.79 Å². The highest BCUT2D eigenvalue weighted by molar-refractivity contribution is 9.11. The highest BCUT2D eigenvalue weighted by Crippen LogP contribution is 2.33. The number of ether oxygens (including phenoxy) is 1. The monoisotopic (exact) mass is 375 g/mol. The van der Waals surface area contributed by atoms with E-state index in [1.807, 2.05) is 18.2 Å². The van der Waals surface area contributed by atoms with Crippen molar-refractivity contribution in [3.05, 3.63) is 44.7 Å². The first kappa shape index (κ1) is 13.1. The molecule has 5 nitrogen and oxygen atoms in total. The molecule has 0 unspecified atom stereocenters. The lowest BCUT2D eigenvalue weighted by molar-refractivity contribution is 0.0685. The Bertz CT molecular complexity index is 562. The minimum Gasteiger partial charge on any atom is -0.483 e. The number of halogens is 2. The summed E-state index contributed by atoms with van der Waals surface area (Å²) in [5, 5.41) is 12.1. The van der Waals surface area contributed by atoms with Gasteiger partial charge in [0.05, 0.1) is 8.95 Å². The number of rotatable bonds is 4. The van der Waals surface area contributed by atoms with Gasteiger partial charge in [0.15, 0.2) is 11.5 Å². The largest absolute Gasteiger partial charge is 0.483 e. The van der Waals surface area contributed by atoms with Crippen LogP contribution >= 0.6 is 31.9 Å². The second-order valence-corrected chi connectivity index (χ2v) is 5.03. The third-order valence-corrected chi connectivity index (χ3v) is 3.30. The molecule has 0 radical (unpaired) electrons. The van der Waals surface area contributed by atoms with Crippen molar-refractivity contribution < 1.29 is 19.2 Å². The van der Waals surface area contributed by atoms with Gasteiger partial charge < -0.3 is 14.4 Å². The number of hydrogen-bond acceptors (Lipinski definition) is 4. The maximum absolute atomic E-state index is 10.6. The maximum atomic E-state index is 10.6. The summed E-state index contributed by atoms with van der Waals surface area (Å²) in [5.41, 5.74) is -0.139. The van der Waals surface area contributed by atoms with Crippen molar-refractivity contribution in [2.75, 3.05) is 0 Å². The zero-order valence-electron chi connectivity index (χ0n) is 8.89. The van der Waals surface area contributed by atoms with Crippen LogP contribution in [0.25, 0.3) is 0 Å². The van der Waals surface area contributed by atoms with Crippen LogP contribution in [0.5, 0.6) is 5.75 Å². The van der Waals surface area contributed by atoms with E-state index in [0.29, 0.717) is 11.5 Å². The zero-order valence-corrected chi connectivity index (χ0v) is 12.1. The number of para-hydroxylation sites is 1. The molecule has 0 fully saturated rings. The second kappa shape index (κ2) is 5.53. The molecule has 0 bridgehead atoms. The Hall–Kier alpha value is -1.34. The van der Waals surface area contributed by atoms with Gasteiger partial charge in [-0.2, -0.15) is 0 Å². The third kappa shape index (κ3) is 2.91. The molecule has 0 aliphatic carbocycles. The van der Waals surface area contributed by atoms with E-state index in [1.54, 1.807) is 0 Å². The number of aromatic carboxylic acids is 1. The van der Waals surface area contributed by atoms with E-state index in [-0.39, 0.29) is 12.3 Å².